The topological polar surface area (TPSA) is 84.9 Å². The van der Waals surface area contributed by atoms with Gasteiger partial charge in [0.15, 0.2) is 0 Å². The number of alkyl carbamates (subject to hydrolysis) is 1. The molecule has 0 fully saturated rings. The lowest BCUT2D eigenvalue weighted by Crippen LogP contribution is -2.48. The molecule has 6 nitrogen and oxygen atoms in total. The van der Waals surface area contributed by atoms with Gasteiger partial charge >= 0.3 is 6.09 Å². The van der Waals surface area contributed by atoms with Crippen molar-refractivity contribution in [3.63, 3.8) is 0 Å². The molecular weight excluding hydrogens is 286 g/mol. The van der Waals surface area contributed by atoms with E-state index in [9.17, 15) is 14.7 Å². The predicted octanol–water partition coefficient (Wildman–Crippen LogP) is 1.66. The second-order valence-corrected chi connectivity index (χ2v) is 5.94. The lowest BCUT2D eigenvalue weighted by molar-refractivity contribution is -0.132. The SMILES string of the molecule is CC(C)(C)OC(=O)N[C@@H](Cc1ccccc1)[C@@H](O)COC=O. The van der Waals surface area contributed by atoms with E-state index in [1.807, 2.05) is 30.3 Å². The Bertz CT molecular complexity index is 469. The molecule has 1 amide bonds. The van der Waals surface area contributed by atoms with Gasteiger partial charge in [-0.1, -0.05) is 30.3 Å². The summed E-state index contributed by atoms with van der Waals surface area (Å²) in [6.45, 7) is 5.33. The average Bonchev–Trinajstić information content (AvgIpc) is 2.43. The van der Waals surface area contributed by atoms with E-state index in [1.165, 1.54) is 0 Å². The number of hydrogen-bond acceptors (Lipinski definition) is 5. The summed E-state index contributed by atoms with van der Waals surface area (Å²) in [5, 5.41) is 12.7. The van der Waals surface area contributed by atoms with Crippen molar-refractivity contribution in [3.8, 4) is 0 Å². The standard InChI is InChI=1S/C16H23NO5/c1-16(2,3)22-15(20)17-13(14(19)10-21-11-18)9-12-7-5-4-6-8-12/h4-8,11,13-14,19H,9-10H2,1-3H3,(H,17,20)/t13-,14-/m0/s1. The summed E-state index contributed by atoms with van der Waals surface area (Å²) < 4.78 is 9.76. The van der Waals surface area contributed by atoms with Crippen molar-refractivity contribution in [1.29, 1.82) is 0 Å². The number of nitrogens with one attached hydrogen (secondary N) is 1. The summed E-state index contributed by atoms with van der Waals surface area (Å²) in [6, 6.07) is 8.76. The van der Waals surface area contributed by atoms with Crippen molar-refractivity contribution in [3.05, 3.63) is 35.9 Å². The molecule has 1 aromatic carbocycles. The van der Waals surface area contributed by atoms with Crippen molar-refractivity contribution in [2.45, 2.75) is 44.9 Å². The minimum Gasteiger partial charge on any atom is -0.465 e. The van der Waals surface area contributed by atoms with Crippen LogP contribution in [-0.2, 0) is 20.7 Å². The minimum atomic E-state index is -1.03. The van der Waals surface area contributed by atoms with Crippen LogP contribution in [0, 0.1) is 0 Å². The maximum Gasteiger partial charge on any atom is 0.407 e. The van der Waals surface area contributed by atoms with E-state index in [0.717, 1.165) is 5.56 Å². The van der Waals surface area contributed by atoms with E-state index in [0.29, 0.717) is 6.42 Å². The van der Waals surface area contributed by atoms with Gasteiger partial charge < -0.3 is 19.9 Å². The minimum absolute atomic E-state index is 0.198. The molecule has 1 aromatic rings. The van der Waals surface area contributed by atoms with Crippen LogP contribution in [-0.4, -0.2) is 42.0 Å². The van der Waals surface area contributed by atoms with Gasteiger partial charge in [-0.2, -0.15) is 0 Å². The van der Waals surface area contributed by atoms with Gasteiger partial charge in [-0.05, 0) is 32.8 Å². The summed E-state index contributed by atoms with van der Waals surface area (Å²) in [4.78, 5) is 22.1. The van der Waals surface area contributed by atoms with Gasteiger partial charge in [-0.3, -0.25) is 4.79 Å². The van der Waals surface area contributed by atoms with Crippen LogP contribution in [0.15, 0.2) is 30.3 Å². The quantitative estimate of drug-likeness (QED) is 0.748. The number of carbonyl (C=O) groups is 2. The first-order valence-electron chi connectivity index (χ1n) is 7.08. The molecule has 0 spiro atoms. The number of ether oxygens (including phenoxy) is 2. The number of aliphatic hydroxyl groups excluding tert-OH is 1. The van der Waals surface area contributed by atoms with E-state index >= 15 is 0 Å². The Balaban J connectivity index is 2.73. The van der Waals surface area contributed by atoms with E-state index in [-0.39, 0.29) is 13.1 Å². The largest absolute Gasteiger partial charge is 0.465 e. The van der Waals surface area contributed by atoms with Crippen LogP contribution in [0.3, 0.4) is 0 Å². The number of aliphatic hydroxyl groups is 1. The molecule has 0 aliphatic heterocycles. The monoisotopic (exact) mass is 309 g/mol. The molecule has 0 bridgehead atoms. The number of benzene rings is 1. The highest BCUT2D eigenvalue weighted by Gasteiger charge is 2.25. The molecule has 0 radical (unpaired) electrons. The van der Waals surface area contributed by atoms with Crippen molar-refractivity contribution in [1.82, 2.24) is 5.32 Å². The smallest absolute Gasteiger partial charge is 0.407 e. The van der Waals surface area contributed by atoms with E-state index in [2.05, 4.69) is 10.1 Å². The van der Waals surface area contributed by atoms with Crippen LogP contribution in [0.2, 0.25) is 0 Å². The second-order valence-electron chi connectivity index (χ2n) is 5.94. The maximum absolute atomic E-state index is 11.9. The van der Waals surface area contributed by atoms with Gasteiger partial charge in [-0.25, -0.2) is 4.79 Å². The molecule has 0 aliphatic rings. The zero-order valence-corrected chi connectivity index (χ0v) is 13.1. The zero-order chi connectivity index (χ0) is 16.6. The summed E-state index contributed by atoms with van der Waals surface area (Å²) in [5.74, 6) is 0. The van der Waals surface area contributed by atoms with Gasteiger partial charge in [0.05, 0.1) is 6.04 Å². The highest BCUT2D eigenvalue weighted by Crippen LogP contribution is 2.10. The molecular formula is C16H23NO5. The Morgan fingerprint density at radius 3 is 2.50 bits per heavy atom. The van der Waals surface area contributed by atoms with Crippen LogP contribution >= 0.6 is 0 Å². The molecule has 0 saturated carbocycles. The molecule has 2 atom stereocenters. The Kier molecular flexibility index (Phi) is 6.85. The third-order valence-corrected chi connectivity index (χ3v) is 2.80. The third kappa shape index (κ3) is 7.08. The van der Waals surface area contributed by atoms with Gasteiger partial charge in [0.1, 0.15) is 18.3 Å². The van der Waals surface area contributed by atoms with E-state index in [4.69, 9.17) is 4.74 Å². The first-order valence-corrected chi connectivity index (χ1v) is 7.08. The summed E-state index contributed by atoms with van der Waals surface area (Å²) in [7, 11) is 0. The maximum atomic E-state index is 11.9. The zero-order valence-electron chi connectivity index (χ0n) is 13.1. The molecule has 0 heterocycles. The normalized spacial score (nSPS) is 13.8. The van der Waals surface area contributed by atoms with Crippen molar-refractivity contribution >= 4 is 12.6 Å². The number of hydrogen-bond donors (Lipinski definition) is 2. The fourth-order valence-electron chi connectivity index (χ4n) is 1.86. The van der Waals surface area contributed by atoms with Crippen molar-refractivity contribution < 1.29 is 24.2 Å². The van der Waals surface area contributed by atoms with Crippen LogP contribution in [0.25, 0.3) is 0 Å². The van der Waals surface area contributed by atoms with Gasteiger partial charge in [0.2, 0.25) is 0 Å². The van der Waals surface area contributed by atoms with Crippen LogP contribution < -0.4 is 5.32 Å². The van der Waals surface area contributed by atoms with Gasteiger partial charge in [-0.15, -0.1) is 0 Å². The van der Waals surface area contributed by atoms with Gasteiger partial charge in [0.25, 0.3) is 6.47 Å². The number of carbonyl (C=O) groups excluding carboxylic acids is 2. The van der Waals surface area contributed by atoms with E-state index < -0.39 is 23.8 Å². The summed E-state index contributed by atoms with van der Waals surface area (Å²) in [6.07, 6.45) is -1.26. The molecule has 22 heavy (non-hydrogen) atoms. The molecule has 2 N–H and O–H groups in total. The second kappa shape index (κ2) is 8.38. The molecule has 0 aromatic heterocycles. The first-order chi connectivity index (χ1) is 10.3. The fraction of sp³-hybridized carbons (Fsp3) is 0.500. The van der Waals surface area contributed by atoms with E-state index in [1.54, 1.807) is 20.8 Å². The van der Waals surface area contributed by atoms with Crippen LogP contribution in [0.4, 0.5) is 4.79 Å². The highest BCUT2D eigenvalue weighted by atomic mass is 16.6. The molecule has 122 valence electrons. The Labute approximate surface area is 130 Å². The highest BCUT2D eigenvalue weighted by molar-refractivity contribution is 5.68. The Morgan fingerprint density at radius 2 is 1.95 bits per heavy atom. The Morgan fingerprint density at radius 1 is 1.32 bits per heavy atom. The molecule has 0 saturated heterocycles. The first kappa shape index (κ1) is 18.0. The average molecular weight is 309 g/mol. The number of amides is 1. The van der Waals surface area contributed by atoms with Crippen LogP contribution in [0.1, 0.15) is 26.3 Å². The lowest BCUT2D eigenvalue weighted by atomic mass is 10.0. The Hall–Kier alpha value is -2.08. The summed E-state index contributed by atoms with van der Waals surface area (Å²) in [5.41, 5.74) is 0.305. The molecule has 1 rings (SSSR count). The number of rotatable bonds is 7. The molecule has 0 aliphatic carbocycles. The van der Waals surface area contributed by atoms with Crippen LogP contribution in [0.5, 0.6) is 0 Å². The third-order valence-electron chi connectivity index (χ3n) is 2.80. The van der Waals surface area contributed by atoms with Gasteiger partial charge in [0, 0.05) is 0 Å². The molecule has 0 unspecified atom stereocenters. The summed E-state index contributed by atoms with van der Waals surface area (Å²) >= 11 is 0. The molecule has 6 heteroatoms. The van der Waals surface area contributed by atoms with Crippen molar-refractivity contribution in [2.24, 2.45) is 0 Å². The lowest BCUT2D eigenvalue weighted by Gasteiger charge is -2.26. The fourth-order valence-corrected chi connectivity index (χ4v) is 1.86. The predicted molar refractivity (Wildman–Crippen MR) is 81.3 cm³/mol. The van der Waals surface area contributed by atoms with Crippen molar-refractivity contribution in [2.75, 3.05) is 6.61 Å².